The molecule has 0 radical (unpaired) electrons. The molecule has 0 spiro atoms. The Morgan fingerprint density at radius 1 is 0.929 bits per heavy atom. The van der Waals surface area contributed by atoms with Crippen LogP contribution in [0.25, 0.3) is 10.9 Å². The number of amides is 4. The van der Waals surface area contributed by atoms with Crippen LogP contribution in [0.3, 0.4) is 0 Å². The van der Waals surface area contributed by atoms with Crippen LogP contribution in [0.15, 0.2) is 35.5 Å². The molecule has 0 fully saturated rings. The van der Waals surface area contributed by atoms with Crippen molar-refractivity contribution in [2.75, 3.05) is 6.54 Å². The zero-order valence-electron chi connectivity index (χ0n) is 23.2. The summed E-state index contributed by atoms with van der Waals surface area (Å²) in [5, 5.41) is 27.5. The third-order valence-electron chi connectivity index (χ3n) is 6.43. The number of aromatic nitrogens is 1. The molecule has 1 heterocycles. The van der Waals surface area contributed by atoms with Crippen LogP contribution < -0.4 is 38.9 Å². The first-order chi connectivity index (χ1) is 19.8. The summed E-state index contributed by atoms with van der Waals surface area (Å²) in [7, 11) is 0. The van der Waals surface area contributed by atoms with Gasteiger partial charge in [-0.25, -0.2) is 4.79 Å². The second-order valence-electron chi connectivity index (χ2n) is 9.81. The first kappa shape index (κ1) is 33.5. The van der Waals surface area contributed by atoms with Crippen molar-refractivity contribution in [1.29, 1.82) is 0 Å². The zero-order valence-corrected chi connectivity index (χ0v) is 23.2. The van der Waals surface area contributed by atoms with Crippen LogP contribution in [0.5, 0.6) is 0 Å². The molecule has 2 aromatic rings. The van der Waals surface area contributed by atoms with Gasteiger partial charge < -0.3 is 54.1 Å². The van der Waals surface area contributed by atoms with Crippen LogP contribution in [0, 0.1) is 0 Å². The summed E-state index contributed by atoms with van der Waals surface area (Å²) >= 11 is 0. The van der Waals surface area contributed by atoms with Crippen LogP contribution in [0.1, 0.15) is 38.2 Å². The highest BCUT2D eigenvalue weighted by atomic mass is 16.4. The first-order valence-corrected chi connectivity index (χ1v) is 13.3. The van der Waals surface area contributed by atoms with Crippen molar-refractivity contribution >= 4 is 46.5 Å². The number of fused-ring (bicyclic) bond motifs is 1. The maximum absolute atomic E-state index is 13.4. The molecular weight excluding hydrogens is 550 g/mol. The smallest absolute Gasteiger partial charge is 0.326 e. The van der Waals surface area contributed by atoms with Gasteiger partial charge in [0.05, 0.1) is 6.10 Å². The van der Waals surface area contributed by atoms with Gasteiger partial charge in [0.25, 0.3) is 0 Å². The van der Waals surface area contributed by atoms with Gasteiger partial charge in [0.2, 0.25) is 23.6 Å². The van der Waals surface area contributed by atoms with Crippen molar-refractivity contribution in [2.24, 2.45) is 27.9 Å². The molecule has 1 aromatic heterocycles. The number of carbonyl (C=O) groups is 5. The molecule has 4 amide bonds. The molecule has 42 heavy (non-hydrogen) atoms. The number of primary amides is 1. The van der Waals surface area contributed by atoms with Gasteiger partial charge in [-0.3, -0.25) is 24.2 Å². The minimum atomic E-state index is -1.37. The lowest BCUT2D eigenvalue weighted by molar-refractivity contribution is -0.142. The number of aliphatic carboxylic acids is 1. The average Bonchev–Trinajstić information content (AvgIpc) is 3.33. The van der Waals surface area contributed by atoms with Crippen molar-refractivity contribution in [1.82, 2.24) is 20.9 Å². The van der Waals surface area contributed by atoms with E-state index in [1.165, 1.54) is 6.92 Å². The van der Waals surface area contributed by atoms with E-state index in [-0.39, 0.29) is 44.6 Å². The third kappa shape index (κ3) is 10.4. The Morgan fingerprint density at radius 2 is 1.55 bits per heavy atom. The van der Waals surface area contributed by atoms with Crippen LogP contribution in [-0.4, -0.2) is 87.6 Å². The Bertz CT molecular complexity index is 1290. The molecular formula is C26H39N9O7. The molecule has 5 unspecified atom stereocenters. The quantitative estimate of drug-likeness (QED) is 0.0516. The Labute approximate surface area is 241 Å². The number of benzene rings is 1. The highest BCUT2D eigenvalue weighted by Gasteiger charge is 2.31. The largest absolute Gasteiger partial charge is 0.480 e. The molecule has 0 aliphatic rings. The van der Waals surface area contributed by atoms with Crippen molar-refractivity contribution in [2.45, 2.75) is 69.3 Å². The number of aliphatic hydroxyl groups excluding tert-OH is 1. The van der Waals surface area contributed by atoms with Gasteiger partial charge in [0.15, 0.2) is 5.96 Å². The van der Waals surface area contributed by atoms with E-state index in [1.54, 1.807) is 12.3 Å². The van der Waals surface area contributed by atoms with Gasteiger partial charge in [-0.05, 0) is 37.8 Å². The average molecular weight is 590 g/mol. The van der Waals surface area contributed by atoms with Crippen LogP contribution >= 0.6 is 0 Å². The Balaban J connectivity index is 2.32. The molecule has 1 aromatic carbocycles. The number of aliphatic imine (C=N–C) groups is 1. The van der Waals surface area contributed by atoms with Gasteiger partial charge in [-0.1, -0.05) is 18.2 Å². The standard InChI is InChI=1S/C26H39N9O7/c1-13(36)21(28)24(40)33-17(8-9-20(27)37)22(38)35-19(11-14-12-32-16-6-3-2-5-15(14)16)23(39)34-18(25(41)42)7-4-10-31-26(29)30/h2-3,5-6,12-13,17-19,21,32,36H,4,7-11,28H2,1H3,(H2,27,37)(H,33,40)(H,34,39)(H,35,38)(H,41,42)(H4,29,30,31). The topological polar surface area (TPSA) is 294 Å². The molecule has 2 rings (SSSR count). The van der Waals surface area contributed by atoms with Gasteiger partial charge in [0, 0.05) is 36.5 Å². The summed E-state index contributed by atoms with van der Waals surface area (Å²) in [6.45, 7) is 1.44. The number of nitrogens with zero attached hydrogens (tertiary/aromatic N) is 1. The van der Waals surface area contributed by atoms with E-state index in [2.05, 4.69) is 25.9 Å². The summed E-state index contributed by atoms with van der Waals surface area (Å²) in [6.07, 6.45) is 0.132. The lowest BCUT2D eigenvalue weighted by Gasteiger charge is -2.25. The minimum absolute atomic E-state index is 0.000131. The fraction of sp³-hybridized carbons (Fsp3) is 0.462. The molecule has 0 aliphatic heterocycles. The monoisotopic (exact) mass is 589 g/mol. The van der Waals surface area contributed by atoms with E-state index < -0.39 is 59.9 Å². The number of H-pyrrole nitrogens is 1. The number of guanidine groups is 1. The van der Waals surface area contributed by atoms with E-state index in [0.29, 0.717) is 5.56 Å². The zero-order chi connectivity index (χ0) is 31.4. The Morgan fingerprint density at radius 3 is 2.17 bits per heavy atom. The van der Waals surface area contributed by atoms with Gasteiger partial charge in [-0.2, -0.15) is 0 Å². The molecule has 5 atom stereocenters. The molecule has 16 heteroatoms. The number of hydrogen-bond acceptors (Lipinski definition) is 8. The van der Waals surface area contributed by atoms with Crippen molar-refractivity contribution < 1.29 is 34.2 Å². The van der Waals surface area contributed by atoms with E-state index >= 15 is 0 Å². The number of nitrogens with one attached hydrogen (secondary N) is 4. The SMILES string of the molecule is CC(O)C(N)C(=O)NC(CCC(N)=O)C(=O)NC(Cc1c[nH]c2ccccc12)C(=O)NC(CCCN=C(N)N)C(=O)O. The molecule has 14 N–H and O–H groups in total. The van der Waals surface area contributed by atoms with Gasteiger partial charge in [0.1, 0.15) is 24.2 Å². The lowest BCUT2D eigenvalue weighted by Crippen LogP contribution is -2.58. The number of carbonyl (C=O) groups excluding carboxylic acids is 4. The number of carboxylic acids is 1. The van der Waals surface area contributed by atoms with E-state index in [4.69, 9.17) is 22.9 Å². The number of carboxylic acid groups (broad SMARTS) is 1. The molecule has 230 valence electrons. The second-order valence-corrected chi connectivity index (χ2v) is 9.81. The summed E-state index contributed by atoms with van der Waals surface area (Å²) in [4.78, 5) is 69.4. The Hall–Kier alpha value is -4.70. The normalized spacial score (nSPS) is 14.5. The second kappa shape index (κ2) is 15.9. The predicted molar refractivity (Wildman–Crippen MR) is 153 cm³/mol. The van der Waals surface area contributed by atoms with Crippen molar-refractivity contribution in [3.05, 3.63) is 36.0 Å². The van der Waals surface area contributed by atoms with Crippen molar-refractivity contribution in [3.8, 4) is 0 Å². The van der Waals surface area contributed by atoms with Gasteiger partial charge in [-0.15, -0.1) is 0 Å². The number of hydrogen-bond donors (Lipinski definition) is 10. The predicted octanol–water partition coefficient (Wildman–Crippen LogP) is -2.72. The van der Waals surface area contributed by atoms with E-state index in [1.807, 2.05) is 18.2 Å². The number of nitrogens with two attached hydrogens (primary N) is 4. The first-order valence-electron chi connectivity index (χ1n) is 13.3. The number of aromatic amines is 1. The number of para-hydroxylation sites is 1. The summed E-state index contributed by atoms with van der Waals surface area (Å²) in [6, 6.07) is 1.93. The molecule has 0 aliphatic carbocycles. The van der Waals surface area contributed by atoms with Crippen molar-refractivity contribution in [3.63, 3.8) is 0 Å². The fourth-order valence-electron chi connectivity index (χ4n) is 4.08. The van der Waals surface area contributed by atoms with E-state index in [9.17, 15) is 34.2 Å². The van der Waals surface area contributed by atoms with E-state index in [0.717, 1.165) is 10.9 Å². The molecule has 0 bridgehead atoms. The molecule has 16 nitrogen and oxygen atoms in total. The fourth-order valence-corrected chi connectivity index (χ4v) is 4.08. The molecule has 0 saturated carbocycles. The maximum Gasteiger partial charge on any atom is 0.326 e. The van der Waals surface area contributed by atoms with Crippen LogP contribution in [0.4, 0.5) is 0 Å². The summed E-state index contributed by atoms with van der Waals surface area (Å²) in [5.74, 6) is -4.70. The number of aliphatic hydroxyl groups is 1. The van der Waals surface area contributed by atoms with Crippen LogP contribution in [0.2, 0.25) is 0 Å². The minimum Gasteiger partial charge on any atom is -0.480 e. The third-order valence-corrected chi connectivity index (χ3v) is 6.43. The highest BCUT2D eigenvalue weighted by Crippen LogP contribution is 2.19. The molecule has 0 saturated heterocycles. The lowest BCUT2D eigenvalue weighted by atomic mass is 10.0. The maximum atomic E-state index is 13.4. The summed E-state index contributed by atoms with van der Waals surface area (Å²) < 4.78 is 0. The Kier molecular flexibility index (Phi) is 12.7. The van der Waals surface area contributed by atoms with Crippen LogP contribution in [-0.2, 0) is 30.4 Å². The highest BCUT2D eigenvalue weighted by molar-refractivity contribution is 5.95. The summed E-state index contributed by atoms with van der Waals surface area (Å²) in [5.41, 5.74) is 22.9. The number of rotatable bonds is 17. The van der Waals surface area contributed by atoms with Gasteiger partial charge >= 0.3 is 5.97 Å².